The number of aryl methyl sites for hydroxylation is 1. The highest BCUT2D eigenvalue weighted by Crippen LogP contribution is 2.34. The fraction of sp³-hybridized carbons (Fsp3) is 0.583. The van der Waals surface area contributed by atoms with Crippen LogP contribution >= 0.6 is 0 Å². The van der Waals surface area contributed by atoms with E-state index in [4.69, 9.17) is 9.47 Å². The van der Waals surface area contributed by atoms with Gasteiger partial charge in [-0.05, 0) is 31.4 Å². The second-order valence-corrected chi connectivity index (χ2v) is 9.25. The number of carbonyl (C=O) groups excluding carboxylic acids is 2. The van der Waals surface area contributed by atoms with Crippen LogP contribution in [0.5, 0.6) is 0 Å². The summed E-state index contributed by atoms with van der Waals surface area (Å²) in [5, 5.41) is 13.8. The van der Waals surface area contributed by atoms with Crippen molar-refractivity contribution in [2.45, 2.75) is 58.2 Å². The van der Waals surface area contributed by atoms with Gasteiger partial charge in [0.05, 0.1) is 30.2 Å². The third-order valence-electron chi connectivity index (χ3n) is 5.99. The number of ether oxygens (including phenoxy) is 2. The Morgan fingerprint density at radius 2 is 2.05 bits per heavy atom. The molecule has 0 radical (unpaired) electrons. The molecule has 0 spiro atoms. The number of likely N-dealkylation sites (N-methyl/N-ethyl adjacent to an activating group) is 1. The van der Waals surface area contributed by atoms with E-state index in [1.54, 1.807) is 10.9 Å². The number of benzene rings is 1. The van der Waals surface area contributed by atoms with Crippen molar-refractivity contribution in [3.05, 3.63) is 41.7 Å². The monoisotopic (exact) mass is 526 g/mol. The van der Waals surface area contributed by atoms with E-state index in [2.05, 4.69) is 20.9 Å². The molecule has 0 unspecified atom stereocenters. The molecule has 3 rings (SSSR count). The van der Waals surface area contributed by atoms with Gasteiger partial charge in [-0.15, -0.1) is 5.10 Å². The van der Waals surface area contributed by atoms with Crippen LogP contribution in [0.2, 0.25) is 0 Å². The molecular weight excluding hydrogens is 493 g/mol. The molecule has 1 aliphatic rings. The Balaban J connectivity index is 1.70. The number of hydrogen-bond donors (Lipinski definition) is 2. The van der Waals surface area contributed by atoms with Crippen LogP contribution in [0.25, 0.3) is 0 Å². The van der Waals surface area contributed by atoms with E-state index in [1.807, 2.05) is 13.8 Å². The number of hydrogen-bond acceptors (Lipinski definition) is 7. The first-order valence-corrected chi connectivity index (χ1v) is 12.1. The third kappa shape index (κ3) is 8.71. The normalized spacial score (nSPS) is 22.2. The molecule has 0 aliphatic carbocycles. The number of para-hydroxylation sites is 1. The number of nitrogens with one attached hydrogen (secondary N) is 2. The minimum atomic E-state index is -4.60. The Labute approximate surface area is 213 Å². The summed E-state index contributed by atoms with van der Waals surface area (Å²) >= 11 is 0. The number of halogens is 3. The number of rotatable bonds is 3. The summed E-state index contributed by atoms with van der Waals surface area (Å²) < 4.78 is 53.0. The standard InChI is InChI=1S/C24H33F3N6O4/c1-16-11-28-17(2)14-37-22(34)9-6-10-33-12-18(30-31-33)15-36-21(16)13-32(3)23(35)29-20-8-5-4-7-19(20)24(25,26)27/h4-5,7-8,12,16-17,21,28H,6,9-11,13-15H2,1-3H3,(H,29,35)/t16-,17-,21-/m1/s1. The molecule has 37 heavy (non-hydrogen) atoms. The molecule has 2 N–H and O–H groups in total. The van der Waals surface area contributed by atoms with Gasteiger partial charge in [-0.25, -0.2) is 4.79 Å². The third-order valence-corrected chi connectivity index (χ3v) is 5.99. The van der Waals surface area contributed by atoms with Crippen molar-refractivity contribution in [2.75, 3.05) is 32.1 Å². The van der Waals surface area contributed by atoms with E-state index in [0.29, 0.717) is 25.2 Å². The quantitative estimate of drug-likeness (QED) is 0.591. The van der Waals surface area contributed by atoms with E-state index in [0.717, 1.165) is 6.07 Å². The van der Waals surface area contributed by atoms with Crippen molar-refractivity contribution in [3.8, 4) is 0 Å². The molecule has 0 saturated heterocycles. The molecule has 2 bridgehead atoms. The van der Waals surface area contributed by atoms with Crippen LogP contribution in [0.3, 0.4) is 0 Å². The van der Waals surface area contributed by atoms with Crippen LogP contribution in [0.4, 0.5) is 23.7 Å². The number of nitrogens with zero attached hydrogens (tertiary/aromatic N) is 4. The first-order chi connectivity index (χ1) is 17.5. The lowest BCUT2D eigenvalue weighted by Crippen LogP contribution is -2.44. The zero-order chi connectivity index (χ0) is 27.0. The number of alkyl halides is 3. The molecule has 1 aliphatic heterocycles. The summed E-state index contributed by atoms with van der Waals surface area (Å²) in [5.74, 6) is -0.395. The van der Waals surface area contributed by atoms with Crippen LogP contribution in [-0.4, -0.2) is 70.8 Å². The van der Waals surface area contributed by atoms with Crippen molar-refractivity contribution in [3.63, 3.8) is 0 Å². The maximum absolute atomic E-state index is 13.3. The van der Waals surface area contributed by atoms with E-state index < -0.39 is 23.9 Å². The molecule has 204 valence electrons. The number of esters is 1. The lowest BCUT2D eigenvalue weighted by molar-refractivity contribution is -0.144. The van der Waals surface area contributed by atoms with Crippen LogP contribution in [-0.2, 0) is 33.6 Å². The number of anilines is 1. The number of carbonyl (C=O) groups is 2. The Hall–Kier alpha value is -3.19. The SMILES string of the molecule is C[C@@H]1COC(=O)CCCn2cc(nn2)CO[C@H](CN(C)C(=O)Nc2ccccc2C(F)(F)F)[C@H](C)CN1. The van der Waals surface area contributed by atoms with E-state index in [-0.39, 0.29) is 49.8 Å². The Kier molecular flexibility index (Phi) is 9.86. The molecular formula is C24H33F3N6O4. The smallest absolute Gasteiger partial charge is 0.418 e. The minimum Gasteiger partial charge on any atom is -0.464 e. The molecule has 3 atom stereocenters. The van der Waals surface area contributed by atoms with Crippen LogP contribution in [0.15, 0.2) is 30.5 Å². The summed E-state index contributed by atoms with van der Waals surface area (Å²) in [6.07, 6.45) is -2.52. The fourth-order valence-electron chi connectivity index (χ4n) is 3.76. The summed E-state index contributed by atoms with van der Waals surface area (Å²) in [6, 6.07) is 4.02. The summed E-state index contributed by atoms with van der Waals surface area (Å²) in [5.41, 5.74) is -0.659. The van der Waals surface area contributed by atoms with Gasteiger partial charge in [-0.1, -0.05) is 24.3 Å². The Morgan fingerprint density at radius 3 is 2.81 bits per heavy atom. The van der Waals surface area contributed by atoms with Crippen LogP contribution < -0.4 is 10.6 Å². The second-order valence-electron chi connectivity index (χ2n) is 9.25. The van der Waals surface area contributed by atoms with Crippen LogP contribution in [0, 0.1) is 5.92 Å². The van der Waals surface area contributed by atoms with Gasteiger partial charge >= 0.3 is 18.2 Å². The van der Waals surface area contributed by atoms with Crippen molar-refractivity contribution in [1.29, 1.82) is 0 Å². The molecule has 0 fully saturated rings. The van der Waals surface area contributed by atoms with Gasteiger partial charge < -0.3 is 25.0 Å². The van der Waals surface area contributed by atoms with E-state index in [1.165, 1.54) is 30.1 Å². The highest BCUT2D eigenvalue weighted by atomic mass is 19.4. The predicted octanol–water partition coefficient (Wildman–Crippen LogP) is 3.30. The van der Waals surface area contributed by atoms with Gasteiger partial charge in [0.25, 0.3) is 0 Å². The van der Waals surface area contributed by atoms with Crippen molar-refractivity contribution in [1.82, 2.24) is 25.2 Å². The topological polar surface area (TPSA) is 111 Å². The molecule has 2 aromatic rings. The maximum atomic E-state index is 13.3. The highest BCUT2D eigenvalue weighted by molar-refractivity contribution is 5.90. The number of fused-ring (bicyclic) bond motifs is 2. The molecule has 2 heterocycles. The maximum Gasteiger partial charge on any atom is 0.418 e. The van der Waals surface area contributed by atoms with Crippen molar-refractivity contribution < 1.29 is 32.2 Å². The Bertz CT molecular complexity index is 1050. The van der Waals surface area contributed by atoms with Gasteiger partial charge in [0.15, 0.2) is 0 Å². The van der Waals surface area contributed by atoms with Crippen molar-refractivity contribution >= 4 is 17.7 Å². The first kappa shape index (κ1) is 28.4. The second kappa shape index (κ2) is 12.9. The van der Waals surface area contributed by atoms with Crippen molar-refractivity contribution in [2.24, 2.45) is 5.92 Å². The zero-order valence-corrected chi connectivity index (χ0v) is 21.1. The average molecular weight is 527 g/mol. The Morgan fingerprint density at radius 1 is 1.30 bits per heavy atom. The number of amides is 2. The number of cyclic esters (lactones) is 1. The molecule has 1 aromatic carbocycles. The summed E-state index contributed by atoms with van der Waals surface area (Å²) in [6.45, 7) is 5.28. The molecule has 13 heteroatoms. The lowest BCUT2D eigenvalue weighted by Gasteiger charge is -2.30. The molecule has 0 saturated carbocycles. The number of urea groups is 1. The van der Waals surface area contributed by atoms with Crippen LogP contribution in [0.1, 0.15) is 37.9 Å². The van der Waals surface area contributed by atoms with Gasteiger partial charge in [-0.2, -0.15) is 13.2 Å². The van der Waals surface area contributed by atoms with Gasteiger partial charge in [0.1, 0.15) is 12.3 Å². The molecule has 10 nitrogen and oxygen atoms in total. The van der Waals surface area contributed by atoms with Gasteiger partial charge in [0.2, 0.25) is 0 Å². The fourth-order valence-corrected chi connectivity index (χ4v) is 3.76. The average Bonchev–Trinajstić information content (AvgIpc) is 3.30. The largest absolute Gasteiger partial charge is 0.464 e. The predicted molar refractivity (Wildman–Crippen MR) is 129 cm³/mol. The molecule has 2 amide bonds. The lowest BCUT2D eigenvalue weighted by atomic mass is 10.0. The van der Waals surface area contributed by atoms with Gasteiger partial charge in [0, 0.05) is 39.1 Å². The summed E-state index contributed by atoms with van der Waals surface area (Å²) in [7, 11) is 1.49. The minimum absolute atomic E-state index is 0.104. The van der Waals surface area contributed by atoms with E-state index >= 15 is 0 Å². The summed E-state index contributed by atoms with van der Waals surface area (Å²) in [4.78, 5) is 26.0. The zero-order valence-electron chi connectivity index (χ0n) is 21.1. The molecule has 1 aromatic heterocycles. The highest BCUT2D eigenvalue weighted by Gasteiger charge is 2.34. The van der Waals surface area contributed by atoms with Gasteiger partial charge in [-0.3, -0.25) is 9.48 Å². The first-order valence-electron chi connectivity index (χ1n) is 12.1. The number of aromatic nitrogens is 3. The van der Waals surface area contributed by atoms with E-state index in [9.17, 15) is 22.8 Å².